The average Bonchev–Trinajstić information content (AvgIpc) is 2.62. The lowest BCUT2D eigenvalue weighted by Crippen LogP contribution is -2.21. The van der Waals surface area contributed by atoms with Gasteiger partial charge in [-0.15, -0.1) is 0 Å². The molecule has 0 heterocycles. The van der Waals surface area contributed by atoms with E-state index in [1.807, 2.05) is 0 Å². The van der Waals surface area contributed by atoms with Crippen LogP contribution in [0.2, 0.25) is 0 Å². The molecule has 0 aliphatic rings. The number of carboxylic acids is 1. The molecule has 0 radical (unpaired) electrons. The van der Waals surface area contributed by atoms with Crippen LogP contribution in [0.25, 0.3) is 0 Å². The van der Waals surface area contributed by atoms with E-state index < -0.39 is 11.2 Å². The summed E-state index contributed by atoms with van der Waals surface area (Å²) < 4.78 is 10.8. The van der Waals surface area contributed by atoms with E-state index in [0.29, 0.717) is 28.8 Å². The van der Waals surface area contributed by atoms with Crippen LogP contribution in [0.4, 0.5) is 0 Å². The molecule has 0 fully saturated rings. The molecule has 6 nitrogen and oxygen atoms in total. The number of aliphatic carboxylic acids is 1. The third-order valence-electron chi connectivity index (χ3n) is 3.43. The van der Waals surface area contributed by atoms with Crippen molar-refractivity contribution in [3.8, 4) is 17.2 Å². The third kappa shape index (κ3) is 5.63. The Balaban J connectivity index is 2.01. The van der Waals surface area contributed by atoms with Crippen molar-refractivity contribution in [1.82, 2.24) is 0 Å². The van der Waals surface area contributed by atoms with Crippen LogP contribution < -0.4 is 9.47 Å². The van der Waals surface area contributed by atoms with Gasteiger partial charge in [0.15, 0.2) is 10.9 Å². The summed E-state index contributed by atoms with van der Waals surface area (Å²) >= 11 is 0.644. The van der Waals surface area contributed by atoms with E-state index in [1.54, 1.807) is 55.6 Å². The maximum atomic E-state index is 12.2. The summed E-state index contributed by atoms with van der Waals surface area (Å²) in [6.07, 6.45) is -0.252. The summed E-state index contributed by atoms with van der Waals surface area (Å²) in [5, 5.41) is 7.68. The molecule has 0 saturated heterocycles. The second kappa shape index (κ2) is 9.05. The van der Waals surface area contributed by atoms with Gasteiger partial charge < -0.3 is 14.6 Å². The van der Waals surface area contributed by atoms with Crippen molar-refractivity contribution in [2.75, 3.05) is 7.11 Å². The van der Waals surface area contributed by atoms with Crippen LogP contribution in [0.15, 0.2) is 48.5 Å². The summed E-state index contributed by atoms with van der Waals surface area (Å²) in [5.41, 5.74) is 0.363. The Kier molecular flexibility index (Phi) is 6.80. The van der Waals surface area contributed by atoms with Gasteiger partial charge >= 0.3 is 5.97 Å². The van der Waals surface area contributed by atoms with E-state index in [2.05, 4.69) is 0 Å². The molecule has 2 aromatic rings. The standard InChI is InChI=1S/C19H18O6S/c1-12(20)26-18(19(22)23)11-17(21)13-3-5-15(6-4-13)25-16-9-7-14(24-2)8-10-16/h3-10,18H,11H2,1-2H3,(H,22,23). The van der Waals surface area contributed by atoms with Crippen molar-refractivity contribution in [2.45, 2.75) is 18.6 Å². The first-order chi connectivity index (χ1) is 12.4. The summed E-state index contributed by atoms with van der Waals surface area (Å²) in [6.45, 7) is 1.27. The SMILES string of the molecule is COc1ccc(Oc2ccc(C(=O)CC(SC(C)=O)C(=O)O)cc2)cc1. The quantitative estimate of drug-likeness (QED) is 0.703. The predicted octanol–water partition coefficient (Wildman–Crippen LogP) is 3.79. The number of carboxylic acid groups (broad SMARTS) is 1. The fourth-order valence-electron chi connectivity index (χ4n) is 2.15. The highest BCUT2D eigenvalue weighted by atomic mass is 32.2. The minimum Gasteiger partial charge on any atom is -0.497 e. The molecule has 26 heavy (non-hydrogen) atoms. The normalized spacial score (nSPS) is 11.5. The molecule has 136 valence electrons. The molecular formula is C19H18O6S. The maximum absolute atomic E-state index is 12.2. The van der Waals surface area contributed by atoms with Crippen molar-refractivity contribution in [2.24, 2.45) is 0 Å². The number of ketones is 1. The van der Waals surface area contributed by atoms with Gasteiger partial charge in [0.1, 0.15) is 22.5 Å². The highest BCUT2D eigenvalue weighted by Gasteiger charge is 2.24. The van der Waals surface area contributed by atoms with Crippen molar-refractivity contribution in [3.63, 3.8) is 0 Å². The minimum atomic E-state index is -1.18. The average molecular weight is 374 g/mol. The Hall–Kier alpha value is -2.80. The summed E-state index contributed by atoms with van der Waals surface area (Å²) in [5.74, 6) is 0.350. The molecular weight excluding hydrogens is 356 g/mol. The smallest absolute Gasteiger partial charge is 0.317 e. The molecule has 2 aromatic carbocycles. The second-order valence-corrected chi connectivity index (χ2v) is 6.75. The van der Waals surface area contributed by atoms with Gasteiger partial charge in [-0.2, -0.15) is 0 Å². The van der Waals surface area contributed by atoms with Gasteiger partial charge in [-0.3, -0.25) is 14.4 Å². The van der Waals surface area contributed by atoms with Gasteiger partial charge in [0.2, 0.25) is 0 Å². The van der Waals surface area contributed by atoms with Gasteiger partial charge in [0.25, 0.3) is 0 Å². The number of benzene rings is 2. The zero-order valence-electron chi connectivity index (χ0n) is 14.3. The first-order valence-corrected chi connectivity index (χ1v) is 8.62. The van der Waals surface area contributed by atoms with Gasteiger partial charge in [0.05, 0.1) is 7.11 Å². The van der Waals surface area contributed by atoms with Crippen LogP contribution in [0, 0.1) is 0 Å². The topological polar surface area (TPSA) is 89.9 Å². The van der Waals surface area contributed by atoms with Gasteiger partial charge in [-0.05, 0) is 48.5 Å². The van der Waals surface area contributed by atoms with Crippen LogP contribution in [0.3, 0.4) is 0 Å². The molecule has 0 bridgehead atoms. The molecule has 0 aliphatic heterocycles. The van der Waals surface area contributed by atoms with Crippen LogP contribution in [0.5, 0.6) is 17.2 Å². The highest BCUT2D eigenvalue weighted by molar-refractivity contribution is 8.14. The lowest BCUT2D eigenvalue weighted by atomic mass is 10.1. The fourth-order valence-corrected chi connectivity index (χ4v) is 2.89. The van der Waals surface area contributed by atoms with Crippen molar-refractivity contribution in [1.29, 1.82) is 0 Å². The Morgan fingerprint density at radius 1 is 0.962 bits per heavy atom. The first kappa shape index (κ1) is 19.5. The number of carbonyl (C=O) groups is 3. The van der Waals surface area contributed by atoms with E-state index in [4.69, 9.17) is 14.6 Å². The number of ether oxygens (including phenoxy) is 2. The number of hydrogen-bond donors (Lipinski definition) is 1. The molecule has 1 unspecified atom stereocenters. The van der Waals surface area contributed by atoms with Gasteiger partial charge in [-0.25, -0.2) is 0 Å². The van der Waals surface area contributed by atoms with Crippen LogP contribution in [-0.2, 0) is 9.59 Å². The van der Waals surface area contributed by atoms with Gasteiger partial charge in [0, 0.05) is 18.9 Å². The maximum Gasteiger partial charge on any atom is 0.317 e. The highest BCUT2D eigenvalue weighted by Crippen LogP contribution is 2.25. The number of thioether (sulfide) groups is 1. The molecule has 0 amide bonds. The lowest BCUT2D eigenvalue weighted by molar-refractivity contribution is -0.136. The van der Waals surface area contributed by atoms with Crippen molar-refractivity contribution < 1.29 is 29.0 Å². The summed E-state index contributed by atoms with van der Waals surface area (Å²) in [4.78, 5) is 34.5. The third-order valence-corrected chi connectivity index (χ3v) is 4.41. The van der Waals surface area contributed by atoms with Gasteiger partial charge in [-0.1, -0.05) is 11.8 Å². The predicted molar refractivity (Wildman–Crippen MR) is 98.2 cm³/mol. The number of hydrogen-bond acceptors (Lipinski definition) is 6. The van der Waals surface area contributed by atoms with Crippen LogP contribution in [-0.4, -0.2) is 34.3 Å². The van der Waals surface area contributed by atoms with Crippen molar-refractivity contribution in [3.05, 3.63) is 54.1 Å². The lowest BCUT2D eigenvalue weighted by Gasteiger charge is -2.10. The first-order valence-electron chi connectivity index (χ1n) is 7.74. The van der Waals surface area contributed by atoms with Crippen LogP contribution >= 0.6 is 11.8 Å². The van der Waals surface area contributed by atoms with E-state index in [9.17, 15) is 14.4 Å². The fraction of sp³-hybridized carbons (Fsp3) is 0.211. The molecule has 1 N–H and O–H groups in total. The Morgan fingerprint density at radius 3 is 1.92 bits per heavy atom. The zero-order valence-corrected chi connectivity index (χ0v) is 15.1. The molecule has 0 saturated carbocycles. The molecule has 2 rings (SSSR count). The summed E-state index contributed by atoms with van der Waals surface area (Å²) in [6, 6.07) is 13.5. The van der Waals surface area contributed by atoms with E-state index in [-0.39, 0.29) is 17.3 Å². The van der Waals surface area contributed by atoms with Crippen LogP contribution in [0.1, 0.15) is 23.7 Å². The number of carbonyl (C=O) groups excluding carboxylic acids is 2. The monoisotopic (exact) mass is 374 g/mol. The van der Waals surface area contributed by atoms with Crippen molar-refractivity contribution >= 4 is 28.6 Å². The van der Waals surface area contributed by atoms with E-state index >= 15 is 0 Å². The molecule has 7 heteroatoms. The minimum absolute atomic E-state index is 0.252. The Morgan fingerprint density at radius 2 is 1.46 bits per heavy atom. The second-order valence-electron chi connectivity index (χ2n) is 5.37. The Labute approximate surface area is 155 Å². The van der Waals surface area contributed by atoms with E-state index in [0.717, 1.165) is 5.75 Å². The number of methoxy groups -OCH3 is 1. The Bertz CT molecular complexity index is 783. The molecule has 0 spiro atoms. The largest absolute Gasteiger partial charge is 0.497 e. The molecule has 0 aromatic heterocycles. The molecule has 0 aliphatic carbocycles. The zero-order chi connectivity index (χ0) is 19.1. The van der Waals surface area contributed by atoms with E-state index in [1.165, 1.54) is 6.92 Å². The molecule has 1 atom stereocenters. The number of rotatable bonds is 8. The number of Topliss-reactive ketones (excluding diaryl/α,β-unsaturated/α-hetero) is 1. The summed E-state index contributed by atoms with van der Waals surface area (Å²) in [7, 11) is 1.58.